The zero-order chi connectivity index (χ0) is 34.9. The second-order valence-electron chi connectivity index (χ2n) is 18.5. The molecule has 2 saturated carbocycles. The van der Waals surface area contributed by atoms with Gasteiger partial charge in [0.25, 0.3) is 0 Å². The van der Waals surface area contributed by atoms with E-state index in [4.69, 9.17) is 24.6 Å². The molecule has 2 aliphatic carbocycles. The van der Waals surface area contributed by atoms with E-state index in [-0.39, 0.29) is 40.6 Å². The van der Waals surface area contributed by atoms with E-state index in [1.165, 1.54) is 64.2 Å². The number of rotatable bonds is 11. The van der Waals surface area contributed by atoms with Crippen molar-refractivity contribution in [2.24, 2.45) is 11.8 Å². The van der Waals surface area contributed by atoms with Gasteiger partial charge in [-0.15, -0.1) is 0 Å². The summed E-state index contributed by atoms with van der Waals surface area (Å²) < 4.78 is 0. The average Bonchev–Trinajstić information content (AvgIpc) is 3.03. The maximum atomic E-state index is 9.64. The molecule has 2 aliphatic heterocycles. The molecule has 2 unspecified atom stereocenters. The monoisotopic (exact) mass is 671 g/mol. The number of anilines is 1. The van der Waals surface area contributed by atoms with Gasteiger partial charge in [0.15, 0.2) is 0 Å². The molecule has 4 aliphatic rings. The first kappa shape index (κ1) is 37.9. The van der Waals surface area contributed by atoms with Gasteiger partial charge in [0.1, 0.15) is 11.6 Å². The number of aliphatic hydroxyl groups excluding tert-OH is 1. The largest absolute Gasteiger partial charge is 0.395 e. The molecule has 2 N–H and O–H groups in total. The molecule has 0 amide bonds. The highest BCUT2D eigenvalue weighted by Crippen LogP contribution is 2.49. The van der Waals surface area contributed by atoms with Crippen molar-refractivity contribution in [1.29, 1.82) is 0 Å². The summed E-state index contributed by atoms with van der Waals surface area (Å²) in [6.07, 6.45) is 17.1. The zero-order valence-electron chi connectivity index (χ0n) is 32.3. The number of aliphatic hydroxyl groups is 1. The van der Waals surface area contributed by atoms with E-state index in [2.05, 4.69) is 84.7 Å². The topological polar surface area (TPSA) is 95.9 Å². The van der Waals surface area contributed by atoms with Gasteiger partial charge >= 0.3 is 0 Å². The predicted octanol–water partition coefficient (Wildman–Crippen LogP) is 8.55. The van der Waals surface area contributed by atoms with E-state index >= 15 is 0 Å². The molecule has 1 aromatic rings. The summed E-state index contributed by atoms with van der Waals surface area (Å²) in [5.41, 5.74) is -0.428. The van der Waals surface area contributed by atoms with Gasteiger partial charge in [0, 0.05) is 40.5 Å². The van der Waals surface area contributed by atoms with Crippen LogP contribution in [0.5, 0.6) is 0 Å². The highest BCUT2D eigenvalue weighted by Gasteiger charge is 2.51. The summed E-state index contributed by atoms with van der Waals surface area (Å²) >= 11 is 0. The fourth-order valence-electron chi connectivity index (χ4n) is 10.1. The Labute approximate surface area is 292 Å². The van der Waals surface area contributed by atoms with E-state index in [0.717, 1.165) is 37.3 Å². The second-order valence-corrected chi connectivity index (χ2v) is 18.5. The van der Waals surface area contributed by atoms with Crippen LogP contribution >= 0.6 is 0 Å². The van der Waals surface area contributed by atoms with Crippen LogP contribution in [-0.2, 0) is 9.68 Å². The quantitative estimate of drug-likeness (QED) is 0.240. The maximum absolute atomic E-state index is 9.64. The number of nitrogens with zero attached hydrogens (tertiary/aromatic N) is 5. The Morgan fingerprint density at radius 2 is 0.979 bits per heavy atom. The van der Waals surface area contributed by atoms with Crippen molar-refractivity contribution in [1.82, 2.24) is 25.1 Å². The van der Waals surface area contributed by atoms with Gasteiger partial charge in [-0.2, -0.15) is 20.1 Å². The first-order chi connectivity index (χ1) is 22.5. The van der Waals surface area contributed by atoms with Gasteiger partial charge < -0.3 is 10.4 Å². The number of hydroxylamine groups is 4. The lowest BCUT2D eigenvalue weighted by Crippen LogP contribution is -2.62. The molecule has 0 aromatic carbocycles. The van der Waals surface area contributed by atoms with E-state index in [9.17, 15) is 5.11 Å². The zero-order valence-corrected chi connectivity index (χ0v) is 32.3. The van der Waals surface area contributed by atoms with E-state index in [1.54, 1.807) is 0 Å². The number of nitrogens with one attached hydrogen (secondary N) is 1. The van der Waals surface area contributed by atoms with Gasteiger partial charge in [-0.05, 0) is 119 Å². The maximum Gasteiger partial charge on any atom is 0.226 e. The highest BCUT2D eigenvalue weighted by molar-refractivity contribution is 5.27. The summed E-state index contributed by atoms with van der Waals surface area (Å²) in [6, 6.07) is 0. The Morgan fingerprint density at radius 3 is 1.31 bits per heavy atom. The van der Waals surface area contributed by atoms with Gasteiger partial charge in [-0.1, -0.05) is 52.4 Å². The molecular formula is C39H70N6O3. The normalized spacial score (nSPS) is 27.5. The fourth-order valence-corrected chi connectivity index (χ4v) is 10.1. The molecule has 5 rings (SSSR count). The van der Waals surface area contributed by atoms with Crippen LogP contribution in [0.25, 0.3) is 0 Å². The molecule has 2 saturated heterocycles. The third kappa shape index (κ3) is 8.72. The van der Waals surface area contributed by atoms with E-state index in [0.29, 0.717) is 36.5 Å². The number of hydrogen-bond donors (Lipinski definition) is 2. The summed E-state index contributed by atoms with van der Waals surface area (Å²) in [4.78, 5) is 28.9. The van der Waals surface area contributed by atoms with E-state index < -0.39 is 0 Å². The van der Waals surface area contributed by atoms with Crippen LogP contribution in [0, 0.1) is 11.8 Å². The molecule has 0 bridgehead atoms. The number of hydrogen-bond acceptors (Lipinski definition) is 9. The Hall–Kier alpha value is -1.39. The Kier molecular flexibility index (Phi) is 11.9. The molecule has 0 radical (unpaired) electrons. The van der Waals surface area contributed by atoms with Gasteiger partial charge in [-0.25, -0.2) is 4.98 Å². The number of piperidine rings is 2. The van der Waals surface area contributed by atoms with Crippen molar-refractivity contribution in [3.63, 3.8) is 0 Å². The van der Waals surface area contributed by atoms with Crippen molar-refractivity contribution in [3.05, 3.63) is 11.6 Å². The summed E-state index contributed by atoms with van der Waals surface area (Å²) in [5.74, 6) is 3.41. The van der Waals surface area contributed by atoms with Crippen molar-refractivity contribution < 1.29 is 14.8 Å². The molecule has 48 heavy (non-hydrogen) atoms. The van der Waals surface area contributed by atoms with Gasteiger partial charge in [0.05, 0.1) is 18.8 Å². The van der Waals surface area contributed by atoms with Crippen LogP contribution in [-0.4, -0.2) is 77.7 Å². The number of aromatic nitrogens is 3. The van der Waals surface area contributed by atoms with Crippen LogP contribution in [0.1, 0.15) is 183 Å². The average molecular weight is 671 g/mol. The van der Waals surface area contributed by atoms with Crippen molar-refractivity contribution in [2.45, 2.75) is 205 Å². The second kappa shape index (κ2) is 15.1. The van der Waals surface area contributed by atoms with Crippen LogP contribution < -0.4 is 5.32 Å². The first-order valence-corrected chi connectivity index (χ1v) is 19.6. The van der Waals surface area contributed by atoms with Crippen molar-refractivity contribution in [3.8, 4) is 0 Å². The molecule has 3 heterocycles. The minimum Gasteiger partial charge on any atom is -0.395 e. The Balaban J connectivity index is 1.35. The molecule has 0 spiro atoms. The lowest BCUT2D eigenvalue weighted by Gasteiger charge is -2.56. The highest BCUT2D eigenvalue weighted by atomic mass is 16.7. The minimum absolute atomic E-state index is 0.0329. The minimum atomic E-state index is -0.107. The SMILES string of the molecule is CC(c1nc(NCCO)nc(C(C)C2CC(C)(C)N(OC3CCCCC3)C(C)(C)C2)n1)C1CC(C)(C)N(OC2CCCCC2)C(C)(C)C1. The molecule has 4 fully saturated rings. The summed E-state index contributed by atoms with van der Waals surface area (Å²) in [7, 11) is 0. The van der Waals surface area contributed by atoms with Crippen LogP contribution in [0.3, 0.4) is 0 Å². The third-order valence-corrected chi connectivity index (χ3v) is 12.2. The lowest BCUT2D eigenvalue weighted by atomic mass is 9.70. The summed E-state index contributed by atoms with van der Waals surface area (Å²) in [6.45, 7) is 23.8. The molecular weight excluding hydrogens is 600 g/mol. The molecule has 9 nitrogen and oxygen atoms in total. The van der Waals surface area contributed by atoms with Gasteiger partial charge in [-0.3, -0.25) is 9.68 Å². The van der Waals surface area contributed by atoms with Crippen LogP contribution in [0.15, 0.2) is 0 Å². The Morgan fingerprint density at radius 1 is 0.625 bits per heavy atom. The first-order valence-electron chi connectivity index (χ1n) is 19.6. The lowest BCUT2D eigenvalue weighted by molar-refractivity contribution is -0.315. The molecule has 274 valence electrons. The predicted molar refractivity (Wildman–Crippen MR) is 194 cm³/mol. The fraction of sp³-hybridized carbons (Fsp3) is 0.923. The third-order valence-electron chi connectivity index (χ3n) is 12.2. The molecule has 2 atom stereocenters. The summed E-state index contributed by atoms with van der Waals surface area (Å²) in [5, 5.41) is 17.6. The van der Waals surface area contributed by atoms with Crippen LogP contribution in [0.4, 0.5) is 5.95 Å². The van der Waals surface area contributed by atoms with Crippen molar-refractivity contribution in [2.75, 3.05) is 18.5 Å². The molecule has 1 aromatic heterocycles. The standard InChI is InChI=1S/C39H70N6O3/c1-27(29-23-36(3,4)44(37(5,6)24-29)47-31-17-13-11-14-18-31)33-41-34(43-35(42-33)40-21-22-46)28(2)30-25-38(7,8)45(39(9,10)26-30)48-32-19-15-12-16-20-32/h27-32,46H,11-26H2,1-10H3,(H,40,41,42,43). The Bertz CT molecular complexity index is 1070. The van der Waals surface area contributed by atoms with Crippen LogP contribution in [0.2, 0.25) is 0 Å². The smallest absolute Gasteiger partial charge is 0.226 e. The van der Waals surface area contributed by atoms with E-state index in [1.807, 2.05) is 0 Å². The van der Waals surface area contributed by atoms with Crippen molar-refractivity contribution >= 4 is 5.95 Å². The van der Waals surface area contributed by atoms with Gasteiger partial charge in [0.2, 0.25) is 5.95 Å². The molecule has 9 heteroatoms.